The predicted octanol–water partition coefficient (Wildman–Crippen LogP) is 5.10. The van der Waals surface area contributed by atoms with Crippen LogP contribution in [0.3, 0.4) is 0 Å². The SMILES string of the molecule is CCOC(=O)c1c(Nc2nc3ccccc3nc2N2CC(C)OC(C)C2)sc2c1CCCC2. The van der Waals surface area contributed by atoms with Crippen molar-refractivity contribution in [1.82, 2.24) is 9.97 Å². The molecule has 1 aromatic carbocycles. The van der Waals surface area contributed by atoms with Crippen LogP contribution in [0.1, 0.15) is 54.4 Å². The monoisotopic (exact) mass is 466 g/mol. The number of thiophene rings is 1. The van der Waals surface area contributed by atoms with Gasteiger partial charge in [0.15, 0.2) is 11.6 Å². The Labute approximate surface area is 198 Å². The fourth-order valence-electron chi connectivity index (χ4n) is 4.83. The zero-order valence-electron chi connectivity index (χ0n) is 19.4. The lowest BCUT2D eigenvalue weighted by Crippen LogP contribution is -2.46. The number of aryl methyl sites for hydroxylation is 1. The number of anilines is 3. The van der Waals surface area contributed by atoms with Crippen molar-refractivity contribution < 1.29 is 14.3 Å². The number of aromatic nitrogens is 2. The first-order valence-electron chi connectivity index (χ1n) is 11.8. The van der Waals surface area contributed by atoms with Crippen molar-refractivity contribution in [2.45, 2.75) is 58.7 Å². The molecule has 174 valence electrons. The van der Waals surface area contributed by atoms with Gasteiger partial charge >= 0.3 is 5.97 Å². The molecule has 1 saturated heterocycles. The molecular weight excluding hydrogens is 436 g/mol. The van der Waals surface area contributed by atoms with E-state index in [9.17, 15) is 4.79 Å². The molecule has 2 unspecified atom stereocenters. The molecule has 0 radical (unpaired) electrons. The van der Waals surface area contributed by atoms with Crippen LogP contribution in [0, 0.1) is 0 Å². The van der Waals surface area contributed by atoms with Gasteiger partial charge in [-0.25, -0.2) is 14.8 Å². The number of fused-ring (bicyclic) bond motifs is 2. The normalized spacial score (nSPS) is 20.5. The first-order chi connectivity index (χ1) is 16.0. The van der Waals surface area contributed by atoms with E-state index >= 15 is 0 Å². The van der Waals surface area contributed by atoms with Crippen LogP contribution in [0.2, 0.25) is 0 Å². The van der Waals surface area contributed by atoms with Gasteiger partial charge in [0.25, 0.3) is 0 Å². The van der Waals surface area contributed by atoms with Crippen molar-refractivity contribution in [2.75, 3.05) is 29.9 Å². The smallest absolute Gasteiger partial charge is 0.341 e. The Balaban J connectivity index is 1.60. The molecule has 1 aliphatic carbocycles. The summed E-state index contributed by atoms with van der Waals surface area (Å²) in [5.41, 5.74) is 3.47. The Morgan fingerprint density at radius 1 is 1.15 bits per heavy atom. The molecule has 2 aromatic heterocycles. The van der Waals surface area contributed by atoms with Crippen LogP contribution in [-0.2, 0) is 22.3 Å². The molecule has 33 heavy (non-hydrogen) atoms. The number of hydrogen-bond acceptors (Lipinski definition) is 8. The summed E-state index contributed by atoms with van der Waals surface area (Å²) in [5.74, 6) is 1.19. The average molecular weight is 467 g/mol. The summed E-state index contributed by atoms with van der Waals surface area (Å²) in [6.07, 6.45) is 4.36. The van der Waals surface area contributed by atoms with Crippen molar-refractivity contribution in [3.05, 3.63) is 40.3 Å². The molecule has 0 bridgehead atoms. The number of benzene rings is 1. The number of esters is 1. The molecule has 1 fully saturated rings. The van der Waals surface area contributed by atoms with Gasteiger partial charge in [0, 0.05) is 18.0 Å². The van der Waals surface area contributed by atoms with Crippen LogP contribution in [0.15, 0.2) is 24.3 Å². The summed E-state index contributed by atoms with van der Waals surface area (Å²) < 4.78 is 11.4. The van der Waals surface area contributed by atoms with Crippen molar-refractivity contribution in [3.63, 3.8) is 0 Å². The molecule has 3 aromatic rings. The number of para-hydroxylation sites is 2. The number of nitrogens with zero attached hydrogens (tertiary/aromatic N) is 3. The third-order valence-electron chi connectivity index (χ3n) is 6.15. The van der Waals surface area contributed by atoms with Crippen molar-refractivity contribution in [2.24, 2.45) is 0 Å². The van der Waals surface area contributed by atoms with Crippen LogP contribution < -0.4 is 10.2 Å². The fourth-order valence-corrected chi connectivity index (χ4v) is 6.10. The minimum atomic E-state index is -0.261. The molecule has 0 amide bonds. The summed E-state index contributed by atoms with van der Waals surface area (Å²) in [6, 6.07) is 7.89. The van der Waals surface area contributed by atoms with E-state index in [2.05, 4.69) is 24.1 Å². The first kappa shape index (κ1) is 22.1. The highest BCUT2D eigenvalue weighted by Gasteiger charge is 2.30. The van der Waals surface area contributed by atoms with Crippen molar-refractivity contribution >= 4 is 45.0 Å². The summed E-state index contributed by atoms with van der Waals surface area (Å²) in [4.78, 5) is 26.4. The number of hydrogen-bond donors (Lipinski definition) is 1. The molecule has 0 spiro atoms. The van der Waals surface area contributed by atoms with E-state index in [-0.39, 0.29) is 18.2 Å². The Kier molecular flexibility index (Phi) is 6.21. The van der Waals surface area contributed by atoms with Gasteiger partial charge in [-0.15, -0.1) is 11.3 Å². The van der Waals surface area contributed by atoms with E-state index in [1.54, 1.807) is 11.3 Å². The zero-order valence-corrected chi connectivity index (χ0v) is 20.2. The van der Waals surface area contributed by atoms with E-state index in [4.69, 9.17) is 19.4 Å². The number of morpholine rings is 1. The van der Waals surface area contributed by atoms with Gasteiger partial charge in [0.1, 0.15) is 5.00 Å². The second-order valence-electron chi connectivity index (χ2n) is 8.81. The lowest BCUT2D eigenvalue weighted by atomic mass is 9.95. The van der Waals surface area contributed by atoms with Crippen molar-refractivity contribution in [1.29, 1.82) is 0 Å². The Morgan fingerprint density at radius 2 is 1.85 bits per heavy atom. The van der Waals surface area contributed by atoms with Crippen LogP contribution >= 0.6 is 11.3 Å². The number of nitrogens with one attached hydrogen (secondary N) is 1. The zero-order chi connectivity index (χ0) is 22.9. The Morgan fingerprint density at radius 3 is 2.58 bits per heavy atom. The van der Waals surface area contributed by atoms with Crippen molar-refractivity contribution in [3.8, 4) is 0 Å². The minimum Gasteiger partial charge on any atom is -0.462 e. The predicted molar refractivity (Wildman–Crippen MR) is 132 cm³/mol. The van der Waals surface area contributed by atoms with Gasteiger partial charge < -0.3 is 19.7 Å². The first-order valence-corrected chi connectivity index (χ1v) is 12.6. The van der Waals surface area contributed by atoms with Gasteiger partial charge in [-0.1, -0.05) is 12.1 Å². The topological polar surface area (TPSA) is 76.6 Å². The maximum Gasteiger partial charge on any atom is 0.341 e. The summed E-state index contributed by atoms with van der Waals surface area (Å²) in [6.45, 7) is 7.83. The molecule has 8 heteroatoms. The number of carbonyl (C=O) groups excluding carboxylic acids is 1. The highest BCUT2D eigenvalue weighted by molar-refractivity contribution is 7.16. The largest absolute Gasteiger partial charge is 0.462 e. The molecule has 2 aliphatic rings. The molecule has 5 rings (SSSR count). The van der Waals surface area contributed by atoms with Gasteiger partial charge in [-0.05, 0) is 64.2 Å². The van der Waals surface area contributed by atoms with E-state index in [0.717, 1.165) is 66.2 Å². The molecular formula is C25H30N4O3S. The highest BCUT2D eigenvalue weighted by Crippen LogP contribution is 2.41. The lowest BCUT2D eigenvalue weighted by molar-refractivity contribution is -0.00541. The summed E-state index contributed by atoms with van der Waals surface area (Å²) >= 11 is 1.65. The summed E-state index contributed by atoms with van der Waals surface area (Å²) in [7, 11) is 0. The Bertz CT molecular complexity index is 1170. The van der Waals surface area contributed by atoms with Crippen LogP contribution in [0.4, 0.5) is 16.6 Å². The van der Waals surface area contributed by atoms with Crippen LogP contribution in [-0.4, -0.2) is 47.8 Å². The molecule has 2 atom stereocenters. The second kappa shape index (κ2) is 9.27. The van der Waals surface area contributed by atoms with Gasteiger partial charge in [0.2, 0.25) is 0 Å². The number of carbonyl (C=O) groups is 1. The number of rotatable bonds is 5. The molecule has 1 N–H and O–H groups in total. The second-order valence-corrected chi connectivity index (χ2v) is 9.91. The average Bonchev–Trinajstić information content (AvgIpc) is 3.16. The minimum absolute atomic E-state index is 0.0963. The number of ether oxygens (including phenoxy) is 2. The maximum absolute atomic E-state index is 13.0. The standard InChI is InChI=1S/C25H30N4O3S/c1-4-31-25(30)21-17-9-5-8-12-20(17)33-24(21)28-22-23(29-13-15(2)32-16(3)14-29)27-19-11-7-6-10-18(19)26-22/h6-7,10-11,15-16H,4-5,8-9,12-14H2,1-3H3,(H,26,28). The van der Waals surface area contributed by atoms with Gasteiger partial charge in [0.05, 0.1) is 35.4 Å². The Hall–Kier alpha value is -2.71. The third-order valence-corrected chi connectivity index (χ3v) is 7.36. The van der Waals surface area contributed by atoms with Crippen LogP contribution in [0.25, 0.3) is 11.0 Å². The van der Waals surface area contributed by atoms with E-state index in [0.29, 0.717) is 18.0 Å². The quantitative estimate of drug-likeness (QED) is 0.524. The highest BCUT2D eigenvalue weighted by atomic mass is 32.1. The lowest BCUT2D eigenvalue weighted by Gasteiger charge is -2.36. The van der Waals surface area contributed by atoms with E-state index in [1.165, 1.54) is 4.88 Å². The van der Waals surface area contributed by atoms with E-state index < -0.39 is 0 Å². The maximum atomic E-state index is 13.0. The summed E-state index contributed by atoms with van der Waals surface area (Å²) in [5, 5.41) is 4.32. The van der Waals surface area contributed by atoms with Gasteiger partial charge in [-0.3, -0.25) is 0 Å². The fraction of sp³-hybridized carbons (Fsp3) is 0.480. The molecule has 7 nitrogen and oxygen atoms in total. The third kappa shape index (κ3) is 4.42. The molecule has 0 saturated carbocycles. The van der Waals surface area contributed by atoms with E-state index in [1.807, 2.05) is 31.2 Å². The van der Waals surface area contributed by atoms with Crippen LogP contribution in [0.5, 0.6) is 0 Å². The molecule has 1 aliphatic heterocycles. The van der Waals surface area contributed by atoms with Gasteiger partial charge in [-0.2, -0.15) is 0 Å². The molecule has 3 heterocycles.